The van der Waals surface area contributed by atoms with E-state index < -0.39 is 6.04 Å². The second-order valence-electron chi connectivity index (χ2n) is 8.43. The summed E-state index contributed by atoms with van der Waals surface area (Å²) in [5.41, 5.74) is 2.49. The first-order valence-electron chi connectivity index (χ1n) is 11.3. The van der Waals surface area contributed by atoms with E-state index in [0.29, 0.717) is 32.1 Å². The van der Waals surface area contributed by atoms with Crippen molar-refractivity contribution < 1.29 is 14.3 Å². The van der Waals surface area contributed by atoms with Crippen molar-refractivity contribution in [1.29, 1.82) is 0 Å². The molecule has 3 aromatic carbocycles. The van der Waals surface area contributed by atoms with Crippen molar-refractivity contribution in [3.8, 4) is 11.5 Å². The van der Waals surface area contributed by atoms with Gasteiger partial charge in [0, 0.05) is 16.8 Å². The number of hydrogen-bond donors (Lipinski definition) is 0. The number of hydrogen-bond acceptors (Lipinski definition) is 6. The number of allylic oxidation sites excluding steroid dienone is 2. The van der Waals surface area contributed by atoms with E-state index in [1.807, 2.05) is 67.6 Å². The van der Waals surface area contributed by atoms with Crippen LogP contribution in [0.4, 0.5) is 0 Å². The van der Waals surface area contributed by atoms with E-state index in [0.717, 1.165) is 26.4 Å². The summed E-state index contributed by atoms with van der Waals surface area (Å²) >= 11 is 4.81. The number of ketones is 1. The molecule has 5 rings (SSSR count). The third-order valence-electron chi connectivity index (χ3n) is 6.30. The molecule has 0 unspecified atom stereocenters. The maximum Gasteiger partial charge on any atom is 0.271 e. The van der Waals surface area contributed by atoms with Crippen molar-refractivity contribution in [3.63, 3.8) is 0 Å². The van der Waals surface area contributed by atoms with Crippen LogP contribution in [0.3, 0.4) is 0 Å². The number of benzene rings is 3. The summed E-state index contributed by atoms with van der Waals surface area (Å²) in [5.74, 6) is 1.18. The van der Waals surface area contributed by atoms with Crippen LogP contribution in [0.5, 0.6) is 11.5 Å². The number of carbonyl (C=O) groups is 1. The van der Waals surface area contributed by atoms with Gasteiger partial charge in [0.2, 0.25) is 0 Å². The lowest BCUT2D eigenvalue weighted by Crippen LogP contribution is -2.39. The Morgan fingerprint density at radius 3 is 2.50 bits per heavy atom. The average molecular weight is 563 g/mol. The van der Waals surface area contributed by atoms with Gasteiger partial charge in [0.25, 0.3) is 5.56 Å². The first kappa shape index (κ1) is 24.2. The zero-order valence-electron chi connectivity index (χ0n) is 20.2. The predicted molar refractivity (Wildman–Crippen MR) is 146 cm³/mol. The molecule has 4 aromatic rings. The summed E-state index contributed by atoms with van der Waals surface area (Å²) < 4.78 is 14.0. The Morgan fingerprint density at radius 1 is 1.08 bits per heavy atom. The molecule has 0 saturated carbocycles. The molecule has 0 N–H and O–H groups in total. The summed E-state index contributed by atoms with van der Waals surface area (Å²) in [6, 6.07) is 16.7. The highest BCUT2D eigenvalue weighted by Gasteiger charge is 2.33. The highest BCUT2D eigenvalue weighted by molar-refractivity contribution is 9.10. The van der Waals surface area contributed by atoms with Crippen molar-refractivity contribution >= 4 is 49.9 Å². The molecule has 8 heteroatoms. The van der Waals surface area contributed by atoms with Gasteiger partial charge in [-0.1, -0.05) is 47.7 Å². The number of Topliss-reactive ketones (excluding diaryl/α,β-unsaturated/α-hetero) is 1. The fraction of sp³-hybridized carbons (Fsp3) is 0.179. The van der Waals surface area contributed by atoms with Gasteiger partial charge in [-0.3, -0.25) is 14.2 Å². The number of rotatable bonds is 5. The molecule has 0 radical (unpaired) electrons. The van der Waals surface area contributed by atoms with Gasteiger partial charge in [-0.2, -0.15) is 0 Å². The molecule has 1 aliphatic rings. The molecular weight excluding hydrogens is 540 g/mol. The Bertz CT molecular complexity index is 1750. The molecule has 0 spiro atoms. The SMILES string of the molecule is COc1ccc(C=c2sc3n(c2=O)[C@H](c2c(OC)ccc4ccccc24)C(C(C)=O)=C(C)N=3)cc1Br. The van der Waals surface area contributed by atoms with Crippen LogP contribution in [0.1, 0.15) is 31.0 Å². The van der Waals surface area contributed by atoms with Crippen LogP contribution in [0.25, 0.3) is 16.8 Å². The number of halogens is 1. The fourth-order valence-corrected chi connectivity index (χ4v) is 6.31. The topological polar surface area (TPSA) is 69.9 Å². The molecular formula is C28H23BrN2O4S. The Hall–Kier alpha value is -3.49. The molecule has 0 bridgehead atoms. The summed E-state index contributed by atoms with van der Waals surface area (Å²) in [7, 11) is 3.21. The zero-order chi connectivity index (χ0) is 25.6. The lowest BCUT2D eigenvalue weighted by molar-refractivity contribution is -0.114. The van der Waals surface area contributed by atoms with E-state index >= 15 is 0 Å². The first-order valence-corrected chi connectivity index (χ1v) is 12.9. The Kier molecular flexibility index (Phi) is 6.40. The van der Waals surface area contributed by atoms with Crippen LogP contribution >= 0.6 is 27.3 Å². The Balaban J connectivity index is 1.82. The van der Waals surface area contributed by atoms with Crippen molar-refractivity contribution in [2.24, 2.45) is 4.99 Å². The smallest absolute Gasteiger partial charge is 0.271 e. The van der Waals surface area contributed by atoms with Crippen LogP contribution < -0.4 is 24.4 Å². The van der Waals surface area contributed by atoms with E-state index in [-0.39, 0.29) is 11.3 Å². The molecule has 1 atom stereocenters. The first-order chi connectivity index (χ1) is 17.3. The minimum atomic E-state index is -0.662. The van der Waals surface area contributed by atoms with Gasteiger partial charge in [-0.25, -0.2) is 4.99 Å². The summed E-state index contributed by atoms with van der Waals surface area (Å²) in [4.78, 5) is 32.1. The molecule has 1 aromatic heterocycles. The molecule has 6 nitrogen and oxygen atoms in total. The van der Waals surface area contributed by atoms with Gasteiger partial charge in [-0.15, -0.1) is 0 Å². The third-order valence-corrected chi connectivity index (χ3v) is 7.90. The maximum atomic E-state index is 13.9. The average Bonchev–Trinajstić information content (AvgIpc) is 3.16. The lowest BCUT2D eigenvalue weighted by Gasteiger charge is -2.27. The van der Waals surface area contributed by atoms with Crippen LogP contribution in [-0.2, 0) is 4.79 Å². The summed E-state index contributed by atoms with van der Waals surface area (Å²) in [6.07, 6.45) is 1.83. The van der Waals surface area contributed by atoms with Crippen LogP contribution in [0.15, 0.2) is 80.1 Å². The number of carbonyl (C=O) groups excluding carboxylic acids is 1. The van der Waals surface area contributed by atoms with Gasteiger partial charge >= 0.3 is 0 Å². The normalized spacial score (nSPS) is 15.6. The standard InChI is InChI=1S/C28H23BrN2O4S/c1-15-24(16(2)32)26(25-19-8-6-5-7-18(19)10-12-22(25)35-4)31-27(33)23(36-28(31)30-15)14-17-9-11-21(34-3)20(29)13-17/h5-14,26H,1-4H3/t26-/m0/s1. The monoisotopic (exact) mass is 562 g/mol. The molecule has 0 fully saturated rings. The molecule has 2 heterocycles. The van der Waals surface area contributed by atoms with Gasteiger partial charge in [0.1, 0.15) is 11.5 Å². The molecule has 36 heavy (non-hydrogen) atoms. The second kappa shape index (κ2) is 9.52. The fourth-order valence-electron chi connectivity index (χ4n) is 4.70. The lowest BCUT2D eigenvalue weighted by atomic mass is 9.89. The molecule has 1 aliphatic heterocycles. The van der Waals surface area contributed by atoms with E-state index in [1.54, 1.807) is 18.8 Å². The summed E-state index contributed by atoms with van der Waals surface area (Å²) in [6.45, 7) is 3.34. The van der Waals surface area contributed by atoms with E-state index in [1.165, 1.54) is 18.3 Å². The van der Waals surface area contributed by atoms with Crippen LogP contribution in [0.2, 0.25) is 0 Å². The van der Waals surface area contributed by atoms with E-state index in [9.17, 15) is 9.59 Å². The zero-order valence-corrected chi connectivity index (χ0v) is 22.6. The van der Waals surface area contributed by atoms with E-state index in [2.05, 4.69) is 20.9 Å². The number of aromatic nitrogens is 1. The van der Waals surface area contributed by atoms with Gasteiger partial charge < -0.3 is 9.47 Å². The van der Waals surface area contributed by atoms with Crippen LogP contribution in [-0.4, -0.2) is 24.6 Å². The van der Waals surface area contributed by atoms with Crippen molar-refractivity contribution in [2.45, 2.75) is 19.9 Å². The largest absolute Gasteiger partial charge is 0.496 e. The number of nitrogens with zero attached hydrogens (tertiary/aromatic N) is 2. The molecule has 0 saturated heterocycles. The van der Waals surface area contributed by atoms with Gasteiger partial charge in [0.15, 0.2) is 10.6 Å². The van der Waals surface area contributed by atoms with Crippen molar-refractivity contribution in [2.75, 3.05) is 14.2 Å². The molecule has 0 amide bonds. The van der Waals surface area contributed by atoms with Gasteiger partial charge in [0.05, 0.1) is 29.3 Å². The summed E-state index contributed by atoms with van der Waals surface area (Å²) in [5, 5.41) is 1.92. The molecule has 182 valence electrons. The quantitative estimate of drug-likeness (QED) is 0.351. The van der Waals surface area contributed by atoms with Gasteiger partial charge in [-0.05, 0) is 70.4 Å². The van der Waals surface area contributed by atoms with Crippen molar-refractivity contribution in [1.82, 2.24) is 4.57 Å². The number of thiazole rings is 1. The van der Waals surface area contributed by atoms with Crippen LogP contribution in [0, 0.1) is 0 Å². The third kappa shape index (κ3) is 4.00. The number of fused-ring (bicyclic) bond motifs is 2. The van der Waals surface area contributed by atoms with Crippen molar-refractivity contribution in [3.05, 3.63) is 101 Å². The predicted octanol–water partition coefficient (Wildman–Crippen LogP) is 4.76. The molecule has 0 aliphatic carbocycles. The highest BCUT2D eigenvalue weighted by atomic mass is 79.9. The van der Waals surface area contributed by atoms with E-state index in [4.69, 9.17) is 9.47 Å². The second-order valence-corrected chi connectivity index (χ2v) is 10.3. The maximum absolute atomic E-state index is 13.9. The Labute approximate surface area is 220 Å². The minimum absolute atomic E-state index is 0.135. The number of methoxy groups -OCH3 is 2. The Morgan fingerprint density at radius 2 is 1.81 bits per heavy atom. The number of ether oxygens (including phenoxy) is 2. The minimum Gasteiger partial charge on any atom is -0.496 e. The highest BCUT2D eigenvalue weighted by Crippen LogP contribution is 2.40.